The van der Waals surface area contributed by atoms with Crippen LogP contribution in [0.5, 0.6) is 0 Å². The molecule has 9 nitrogen and oxygen atoms in total. The summed E-state index contributed by atoms with van der Waals surface area (Å²) in [4.78, 5) is 39.8. The lowest BCUT2D eigenvalue weighted by atomic mass is 10.3. The lowest BCUT2D eigenvalue weighted by molar-refractivity contribution is 0.115. The first-order chi connectivity index (χ1) is 8.51. The van der Waals surface area contributed by atoms with Crippen LogP contribution in [0.15, 0.2) is 12.5 Å². The minimum Gasteiger partial charge on any atom is -0.366 e. The zero-order valence-electron chi connectivity index (χ0n) is 10.1. The second kappa shape index (κ2) is 5.46. The van der Waals surface area contributed by atoms with E-state index in [2.05, 4.69) is 4.98 Å². The van der Waals surface area contributed by atoms with Crippen LogP contribution in [-0.2, 0) is 22.1 Å². The number of rotatable bonds is 6. The summed E-state index contributed by atoms with van der Waals surface area (Å²) in [6.45, 7) is 0.957. The average molecular weight is 314 g/mol. The molecule has 0 fully saturated rings. The van der Waals surface area contributed by atoms with Gasteiger partial charge in [-0.15, -0.1) is 0 Å². The molecule has 0 aliphatic carbocycles. The summed E-state index contributed by atoms with van der Waals surface area (Å²) >= 11 is 0. The van der Waals surface area contributed by atoms with Crippen molar-refractivity contribution in [2.45, 2.75) is 31.4 Å². The third-order valence-electron chi connectivity index (χ3n) is 2.52. The van der Waals surface area contributed by atoms with E-state index in [1.807, 2.05) is 6.92 Å². The van der Waals surface area contributed by atoms with Gasteiger partial charge in [0.1, 0.15) is 0 Å². The molecule has 0 unspecified atom stereocenters. The molecule has 0 amide bonds. The lowest BCUT2D eigenvalue weighted by Crippen LogP contribution is -2.33. The monoisotopic (exact) mass is 314 g/mol. The number of aryl methyl sites for hydroxylation is 1. The SMILES string of the molecule is CCCc1cn(CC(O)(P(=O)(O)O)P(=O)(O)O)cn1. The largest absolute Gasteiger partial charge is 0.371 e. The molecule has 0 saturated heterocycles. The Hall–Kier alpha value is -0.530. The Morgan fingerprint density at radius 3 is 2.21 bits per heavy atom. The topological polar surface area (TPSA) is 153 Å². The summed E-state index contributed by atoms with van der Waals surface area (Å²) in [5.41, 5.74) is 0.598. The summed E-state index contributed by atoms with van der Waals surface area (Å²) in [5.74, 6) is 0. The van der Waals surface area contributed by atoms with Gasteiger partial charge in [-0.1, -0.05) is 13.3 Å². The van der Waals surface area contributed by atoms with Crippen molar-refractivity contribution in [2.75, 3.05) is 0 Å². The van der Waals surface area contributed by atoms with E-state index in [0.29, 0.717) is 12.1 Å². The highest BCUT2D eigenvalue weighted by Crippen LogP contribution is 2.67. The maximum atomic E-state index is 11.2. The molecule has 0 saturated carbocycles. The van der Waals surface area contributed by atoms with Crippen molar-refractivity contribution in [3.8, 4) is 0 Å². The molecule has 0 bridgehead atoms. The summed E-state index contributed by atoms with van der Waals surface area (Å²) < 4.78 is 23.4. The average Bonchev–Trinajstić information content (AvgIpc) is 2.62. The summed E-state index contributed by atoms with van der Waals surface area (Å²) in [6, 6.07) is 0. The molecule has 110 valence electrons. The third-order valence-corrected chi connectivity index (χ3v) is 6.23. The molecule has 11 heteroatoms. The van der Waals surface area contributed by atoms with Crippen LogP contribution in [0.3, 0.4) is 0 Å². The van der Waals surface area contributed by atoms with E-state index in [1.165, 1.54) is 6.20 Å². The zero-order chi connectivity index (χ0) is 14.9. The molecule has 1 aromatic heterocycles. The quantitative estimate of drug-likeness (QED) is 0.454. The third kappa shape index (κ3) is 3.52. The van der Waals surface area contributed by atoms with Gasteiger partial charge in [-0.2, -0.15) is 0 Å². The molecule has 19 heavy (non-hydrogen) atoms. The summed E-state index contributed by atoms with van der Waals surface area (Å²) in [6.07, 6.45) is 3.93. The predicted octanol–water partition coefficient (Wildman–Crippen LogP) is -0.163. The maximum absolute atomic E-state index is 11.2. The standard InChI is InChI=1S/C8H16N2O7P2/c1-2-3-7-4-10(6-9-7)5-8(11,18(12,13)14)19(15,16)17/h4,6,11H,2-3,5H2,1H3,(H2,12,13,14)(H2,15,16,17). The van der Waals surface area contributed by atoms with Crippen LogP contribution in [-0.4, -0.2) is 39.3 Å². The highest BCUT2D eigenvalue weighted by atomic mass is 31.2. The van der Waals surface area contributed by atoms with Crippen LogP contribution in [0.1, 0.15) is 19.0 Å². The highest BCUT2D eigenvalue weighted by Gasteiger charge is 2.59. The van der Waals surface area contributed by atoms with Gasteiger partial charge in [0.15, 0.2) is 0 Å². The van der Waals surface area contributed by atoms with E-state index in [4.69, 9.17) is 19.6 Å². The number of aliphatic hydroxyl groups is 1. The van der Waals surface area contributed by atoms with Gasteiger partial charge in [0.25, 0.3) is 5.08 Å². The molecule has 0 aliphatic heterocycles. The van der Waals surface area contributed by atoms with Gasteiger partial charge < -0.3 is 29.2 Å². The molecule has 1 heterocycles. The highest BCUT2D eigenvalue weighted by molar-refractivity contribution is 7.72. The van der Waals surface area contributed by atoms with Crippen molar-refractivity contribution >= 4 is 15.2 Å². The molecule has 0 aromatic carbocycles. The first-order valence-corrected chi connectivity index (χ1v) is 8.58. The summed E-state index contributed by atoms with van der Waals surface area (Å²) in [5, 5.41) is 6.25. The first-order valence-electron chi connectivity index (χ1n) is 5.35. The van der Waals surface area contributed by atoms with Gasteiger partial charge in [-0.3, -0.25) is 9.13 Å². The van der Waals surface area contributed by atoms with Crippen LogP contribution in [0.25, 0.3) is 0 Å². The number of hydrogen-bond acceptors (Lipinski definition) is 4. The predicted molar refractivity (Wildman–Crippen MR) is 65.3 cm³/mol. The Morgan fingerprint density at radius 2 is 1.79 bits per heavy atom. The minimum absolute atomic E-state index is 0.598. The van der Waals surface area contributed by atoms with Crippen molar-refractivity contribution in [3.05, 3.63) is 18.2 Å². The second-order valence-corrected chi connectivity index (χ2v) is 8.16. The summed E-state index contributed by atoms with van der Waals surface area (Å²) in [7, 11) is -10.9. The Bertz CT molecular complexity index is 509. The van der Waals surface area contributed by atoms with Gasteiger partial charge in [-0.05, 0) is 6.42 Å². The van der Waals surface area contributed by atoms with E-state index in [0.717, 1.165) is 17.3 Å². The van der Waals surface area contributed by atoms with Crippen LogP contribution >= 0.6 is 15.2 Å². The van der Waals surface area contributed by atoms with Crippen molar-refractivity contribution in [1.29, 1.82) is 0 Å². The Labute approximate surface area is 109 Å². The number of hydrogen-bond donors (Lipinski definition) is 5. The smallest absolute Gasteiger partial charge is 0.366 e. The Kier molecular flexibility index (Phi) is 4.75. The molecule has 0 radical (unpaired) electrons. The van der Waals surface area contributed by atoms with Crippen molar-refractivity contribution < 1.29 is 33.8 Å². The van der Waals surface area contributed by atoms with E-state index >= 15 is 0 Å². The molecule has 1 rings (SSSR count). The molecule has 0 atom stereocenters. The van der Waals surface area contributed by atoms with E-state index < -0.39 is 26.8 Å². The number of aromatic nitrogens is 2. The van der Waals surface area contributed by atoms with Gasteiger partial charge in [0.2, 0.25) is 0 Å². The molecular weight excluding hydrogens is 298 g/mol. The fourth-order valence-electron chi connectivity index (χ4n) is 1.48. The van der Waals surface area contributed by atoms with E-state index in [9.17, 15) is 14.2 Å². The number of nitrogens with zero attached hydrogens (tertiary/aromatic N) is 2. The fraction of sp³-hybridized carbons (Fsp3) is 0.625. The van der Waals surface area contributed by atoms with Crippen molar-refractivity contribution in [2.24, 2.45) is 0 Å². The second-order valence-electron chi connectivity index (χ2n) is 4.15. The van der Waals surface area contributed by atoms with Gasteiger partial charge in [-0.25, -0.2) is 4.98 Å². The van der Waals surface area contributed by atoms with Gasteiger partial charge >= 0.3 is 15.2 Å². The van der Waals surface area contributed by atoms with Crippen LogP contribution in [0.2, 0.25) is 0 Å². The van der Waals surface area contributed by atoms with Crippen molar-refractivity contribution in [1.82, 2.24) is 9.55 Å². The number of imidazole rings is 1. The maximum Gasteiger partial charge on any atom is 0.371 e. The molecule has 1 aromatic rings. The molecule has 0 aliphatic rings. The van der Waals surface area contributed by atoms with Crippen LogP contribution < -0.4 is 0 Å². The Morgan fingerprint density at radius 1 is 1.26 bits per heavy atom. The van der Waals surface area contributed by atoms with Crippen LogP contribution in [0, 0.1) is 0 Å². The van der Waals surface area contributed by atoms with E-state index in [-0.39, 0.29) is 0 Å². The molecular formula is C8H16N2O7P2. The minimum atomic E-state index is -5.44. The zero-order valence-corrected chi connectivity index (χ0v) is 11.9. The Balaban J connectivity index is 3.09. The first kappa shape index (κ1) is 16.5. The lowest BCUT2D eigenvalue weighted by Gasteiger charge is -2.29. The normalized spacial score (nSPS) is 13.8. The molecule has 0 spiro atoms. The fourth-order valence-corrected chi connectivity index (χ4v) is 3.53. The van der Waals surface area contributed by atoms with Gasteiger partial charge in [0, 0.05) is 6.20 Å². The van der Waals surface area contributed by atoms with Crippen LogP contribution in [0.4, 0.5) is 0 Å². The van der Waals surface area contributed by atoms with Gasteiger partial charge in [0.05, 0.1) is 18.6 Å². The van der Waals surface area contributed by atoms with E-state index in [1.54, 1.807) is 0 Å². The molecule has 5 N–H and O–H groups in total. The van der Waals surface area contributed by atoms with Crippen molar-refractivity contribution in [3.63, 3.8) is 0 Å².